The molecule has 8 heteroatoms. The van der Waals surface area contributed by atoms with E-state index in [4.69, 9.17) is 18.9 Å². The third-order valence-corrected chi connectivity index (χ3v) is 7.67. The van der Waals surface area contributed by atoms with Gasteiger partial charge >= 0.3 is 11.9 Å². The topological polar surface area (TPSA) is 71.1 Å². The molecule has 0 spiro atoms. The molecule has 0 aromatic heterocycles. The first kappa shape index (κ1) is 33.6. The van der Waals surface area contributed by atoms with Crippen LogP contribution in [0.4, 0.5) is 0 Å². The van der Waals surface area contributed by atoms with Gasteiger partial charge in [0.05, 0.1) is 39.3 Å². The lowest BCUT2D eigenvalue weighted by Crippen LogP contribution is -2.24. The first-order chi connectivity index (χ1) is 16.1. The predicted molar refractivity (Wildman–Crippen MR) is 145 cm³/mol. The Hall–Kier alpha value is -0.440. The van der Waals surface area contributed by atoms with Crippen LogP contribution in [0.5, 0.6) is 0 Å². The number of hydrogen-bond donors (Lipinski definition) is 0. The van der Waals surface area contributed by atoms with Gasteiger partial charge < -0.3 is 18.9 Å². The zero-order valence-corrected chi connectivity index (χ0v) is 24.4. The Morgan fingerprint density at radius 3 is 1.26 bits per heavy atom. The Labute approximate surface area is 217 Å². The summed E-state index contributed by atoms with van der Waals surface area (Å²) in [5.41, 5.74) is 0. The molecule has 4 atom stereocenters. The Kier molecular flexibility index (Phi) is 20.5. The van der Waals surface area contributed by atoms with Gasteiger partial charge in [0.1, 0.15) is 12.2 Å². The summed E-state index contributed by atoms with van der Waals surface area (Å²) in [7, 11) is 0. The van der Waals surface area contributed by atoms with Gasteiger partial charge in [0.15, 0.2) is 0 Å². The highest BCUT2D eigenvalue weighted by Gasteiger charge is 2.19. The van der Waals surface area contributed by atoms with Crippen molar-refractivity contribution >= 4 is 35.5 Å². The van der Waals surface area contributed by atoms with E-state index >= 15 is 0 Å². The molecule has 0 aromatic rings. The summed E-state index contributed by atoms with van der Waals surface area (Å²) in [6.45, 7) is 18.9. The maximum absolute atomic E-state index is 12.1. The summed E-state index contributed by atoms with van der Waals surface area (Å²) in [5.74, 6) is 2.16. The molecule has 6 nitrogen and oxygen atoms in total. The monoisotopic (exact) mass is 522 g/mol. The molecule has 0 bridgehead atoms. The van der Waals surface area contributed by atoms with E-state index in [9.17, 15) is 9.59 Å². The van der Waals surface area contributed by atoms with E-state index in [2.05, 4.69) is 41.5 Å². The van der Waals surface area contributed by atoms with Crippen LogP contribution in [0.3, 0.4) is 0 Å². The van der Waals surface area contributed by atoms with Crippen molar-refractivity contribution < 1.29 is 28.5 Å². The van der Waals surface area contributed by atoms with Gasteiger partial charge in [-0.25, -0.2) is 0 Å². The fraction of sp³-hybridized carbons (Fsp3) is 0.923. The summed E-state index contributed by atoms with van der Waals surface area (Å²) in [5, 5.41) is 0.429. The lowest BCUT2D eigenvalue weighted by molar-refractivity contribution is -0.152. The molecule has 202 valence electrons. The van der Waals surface area contributed by atoms with E-state index in [-0.39, 0.29) is 34.6 Å². The van der Waals surface area contributed by atoms with Crippen molar-refractivity contribution in [2.24, 2.45) is 11.8 Å². The number of carbonyl (C=O) groups excluding carboxylic acids is 2. The van der Waals surface area contributed by atoms with Crippen LogP contribution in [-0.4, -0.2) is 72.6 Å². The molecule has 0 aliphatic carbocycles. The maximum Gasteiger partial charge on any atom is 0.307 e. The maximum atomic E-state index is 12.1. The molecular formula is C26H50O6S2. The molecule has 0 heterocycles. The molecule has 4 unspecified atom stereocenters. The second-order valence-electron chi connectivity index (χ2n) is 9.36. The quantitative estimate of drug-likeness (QED) is 0.134. The average Bonchev–Trinajstić information content (AvgIpc) is 2.76. The number of carbonyl (C=O) groups is 2. The third kappa shape index (κ3) is 17.9. The minimum atomic E-state index is -0.111. The summed E-state index contributed by atoms with van der Waals surface area (Å²) < 4.78 is 22.4. The molecule has 0 rings (SSSR count). The van der Waals surface area contributed by atoms with Crippen molar-refractivity contribution in [3.63, 3.8) is 0 Å². The summed E-state index contributed by atoms with van der Waals surface area (Å²) >= 11 is 3.45. The van der Waals surface area contributed by atoms with Crippen LogP contribution in [0.25, 0.3) is 0 Å². The zero-order chi connectivity index (χ0) is 25.9. The lowest BCUT2D eigenvalue weighted by atomic mass is 10.1. The van der Waals surface area contributed by atoms with E-state index in [0.29, 0.717) is 51.1 Å². The first-order valence-electron chi connectivity index (χ1n) is 12.9. The molecule has 0 saturated carbocycles. The molecule has 0 radical (unpaired) electrons. The van der Waals surface area contributed by atoms with Crippen LogP contribution >= 0.6 is 23.5 Å². The highest BCUT2D eigenvalue weighted by molar-refractivity contribution is 8.00. The van der Waals surface area contributed by atoms with Gasteiger partial charge in [0.2, 0.25) is 0 Å². The first-order valence-corrected chi connectivity index (χ1v) is 15.0. The van der Waals surface area contributed by atoms with Crippen molar-refractivity contribution in [3.05, 3.63) is 0 Å². The molecule has 0 fully saturated rings. The van der Waals surface area contributed by atoms with Crippen LogP contribution in [0.15, 0.2) is 0 Å². The van der Waals surface area contributed by atoms with Gasteiger partial charge in [0, 0.05) is 22.0 Å². The van der Waals surface area contributed by atoms with E-state index in [1.54, 1.807) is 23.5 Å². The Morgan fingerprint density at radius 2 is 0.971 bits per heavy atom. The largest absolute Gasteiger partial charge is 0.462 e. The molecule has 0 aliphatic rings. The minimum Gasteiger partial charge on any atom is -0.462 e. The lowest BCUT2D eigenvalue weighted by Gasteiger charge is -2.20. The number of thioether (sulfide) groups is 2. The Morgan fingerprint density at radius 1 is 0.618 bits per heavy atom. The van der Waals surface area contributed by atoms with Crippen molar-refractivity contribution in [2.45, 2.75) is 104 Å². The summed E-state index contributed by atoms with van der Waals surface area (Å²) in [4.78, 5) is 24.1. The van der Waals surface area contributed by atoms with Gasteiger partial charge in [-0.3, -0.25) is 9.59 Å². The standard InChI is InChI=1S/C26H50O6S2/c1-9-23(19(3)4)31-25(27)17-21(7)33-15-13-29-11-12-30-14-16-34-22(8)18-26(28)32-24(10-2)20(5)6/h19-24H,9-18H2,1-8H3. The smallest absolute Gasteiger partial charge is 0.307 e. The molecule has 0 aromatic carbocycles. The third-order valence-electron chi connectivity index (χ3n) is 5.40. The van der Waals surface area contributed by atoms with Gasteiger partial charge in [-0.05, 0) is 24.7 Å². The second-order valence-corrected chi connectivity index (χ2v) is 12.4. The normalized spacial score (nSPS) is 15.2. The van der Waals surface area contributed by atoms with Crippen molar-refractivity contribution in [1.29, 1.82) is 0 Å². The van der Waals surface area contributed by atoms with Crippen molar-refractivity contribution in [1.82, 2.24) is 0 Å². The molecule has 0 N–H and O–H groups in total. The van der Waals surface area contributed by atoms with Gasteiger partial charge in [-0.1, -0.05) is 55.4 Å². The van der Waals surface area contributed by atoms with Crippen molar-refractivity contribution in [3.8, 4) is 0 Å². The number of rotatable bonds is 21. The van der Waals surface area contributed by atoms with E-state index < -0.39 is 0 Å². The van der Waals surface area contributed by atoms with Crippen LogP contribution in [-0.2, 0) is 28.5 Å². The van der Waals surface area contributed by atoms with E-state index in [0.717, 1.165) is 24.3 Å². The SMILES string of the molecule is CCC(OC(=O)CC(C)SCCOCCOCCSC(C)CC(=O)OC(CC)C(C)C)C(C)C. The number of esters is 2. The molecule has 0 aliphatic heterocycles. The van der Waals surface area contributed by atoms with Crippen LogP contribution < -0.4 is 0 Å². The molecular weight excluding hydrogens is 472 g/mol. The fourth-order valence-corrected chi connectivity index (χ4v) is 5.08. The van der Waals surface area contributed by atoms with Gasteiger partial charge in [-0.15, -0.1) is 0 Å². The molecule has 0 amide bonds. The van der Waals surface area contributed by atoms with Crippen LogP contribution in [0, 0.1) is 11.8 Å². The second kappa shape index (κ2) is 20.7. The van der Waals surface area contributed by atoms with Crippen LogP contribution in [0.1, 0.15) is 81.1 Å². The van der Waals surface area contributed by atoms with E-state index in [1.165, 1.54) is 0 Å². The zero-order valence-electron chi connectivity index (χ0n) is 22.8. The predicted octanol–water partition coefficient (Wildman–Crippen LogP) is 6.00. The fourth-order valence-electron chi connectivity index (χ4n) is 3.34. The van der Waals surface area contributed by atoms with Crippen molar-refractivity contribution in [2.75, 3.05) is 37.9 Å². The average molecular weight is 523 g/mol. The van der Waals surface area contributed by atoms with E-state index in [1.807, 2.05) is 13.8 Å². The van der Waals surface area contributed by atoms with Gasteiger partial charge in [-0.2, -0.15) is 23.5 Å². The highest BCUT2D eigenvalue weighted by atomic mass is 32.2. The minimum absolute atomic E-state index is 0.00872. The summed E-state index contributed by atoms with van der Waals surface area (Å²) in [6, 6.07) is 0. The Balaban J connectivity index is 3.66. The number of ether oxygens (including phenoxy) is 4. The highest BCUT2D eigenvalue weighted by Crippen LogP contribution is 2.18. The summed E-state index contributed by atoms with van der Waals surface area (Å²) in [6.07, 6.45) is 2.59. The van der Waals surface area contributed by atoms with Crippen LogP contribution in [0.2, 0.25) is 0 Å². The van der Waals surface area contributed by atoms with Gasteiger partial charge in [0.25, 0.3) is 0 Å². The molecule has 0 saturated heterocycles. The Bertz CT molecular complexity index is 483. The number of hydrogen-bond acceptors (Lipinski definition) is 8. The molecule has 34 heavy (non-hydrogen) atoms.